The summed E-state index contributed by atoms with van der Waals surface area (Å²) in [4.78, 5) is 4.42. The van der Waals surface area contributed by atoms with E-state index in [1.165, 1.54) is 5.56 Å². The number of nitrogens with zero attached hydrogens (tertiary/aromatic N) is 3. The molecule has 0 saturated carbocycles. The van der Waals surface area contributed by atoms with Gasteiger partial charge in [0.05, 0.1) is 5.52 Å². The normalized spacial score (nSPS) is 10.5. The SMILES string of the molecule is c1ccc(CCNc2nnc3ccccc3n2)cc1. The number of nitrogens with one attached hydrogen (secondary N) is 1. The van der Waals surface area contributed by atoms with Gasteiger partial charge in [0.15, 0.2) is 0 Å². The van der Waals surface area contributed by atoms with Crippen LogP contribution < -0.4 is 5.32 Å². The third kappa shape index (κ3) is 2.85. The molecule has 0 fully saturated rings. The van der Waals surface area contributed by atoms with Crippen LogP contribution in [0.5, 0.6) is 0 Å². The summed E-state index contributed by atoms with van der Waals surface area (Å²) in [5, 5.41) is 11.4. The Balaban J connectivity index is 1.65. The second-order valence-corrected chi connectivity index (χ2v) is 4.29. The molecule has 0 unspecified atom stereocenters. The third-order valence-corrected chi connectivity index (χ3v) is 2.90. The summed E-state index contributed by atoms with van der Waals surface area (Å²) in [5.41, 5.74) is 2.97. The zero-order chi connectivity index (χ0) is 12.9. The number of hydrogen-bond acceptors (Lipinski definition) is 4. The Morgan fingerprint density at radius 2 is 1.53 bits per heavy atom. The first kappa shape index (κ1) is 11.6. The predicted octanol–water partition coefficient (Wildman–Crippen LogP) is 2.68. The van der Waals surface area contributed by atoms with E-state index in [4.69, 9.17) is 0 Å². The molecule has 0 amide bonds. The molecule has 94 valence electrons. The van der Waals surface area contributed by atoms with Gasteiger partial charge < -0.3 is 5.32 Å². The molecule has 3 rings (SSSR count). The van der Waals surface area contributed by atoms with Crippen molar-refractivity contribution < 1.29 is 0 Å². The Morgan fingerprint density at radius 1 is 0.789 bits per heavy atom. The molecule has 0 radical (unpaired) electrons. The van der Waals surface area contributed by atoms with Crippen LogP contribution in [-0.2, 0) is 6.42 Å². The molecule has 0 aliphatic rings. The minimum atomic E-state index is 0.578. The standard InChI is InChI=1S/C15H14N4/c1-2-6-12(7-3-1)10-11-16-15-17-13-8-4-5-9-14(13)18-19-15/h1-9H,10-11H2,(H,16,17,19). The van der Waals surface area contributed by atoms with Crippen LogP contribution in [0, 0.1) is 0 Å². The number of anilines is 1. The summed E-state index contributed by atoms with van der Waals surface area (Å²) in [6, 6.07) is 18.1. The number of rotatable bonds is 4. The van der Waals surface area contributed by atoms with Gasteiger partial charge in [0, 0.05) is 6.54 Å². The summed E-state index contributed by atoms with van der Waals surface area (Å²) in [6.45, 7) is 0.796. The number of benzene rings is 2. The Morgan fingerprint density at radius 3 is 2.37 bits per heavy atom. The maximum absolute atomic E-state index is 4.42. The Hall–Kier alpha value is -2.49. The lowest BCUT2D eigenvalue weighted by atomic mass is 10.1. The van der Waals surface area contributed by atoms with Crippen molar-refractivity contribution in [2.24, 2.45) is 0 Å². The predicted molar refractivity (Wildman–Crippen MR) is 76.0 cm³/mol. The van der Waals surface area contributed by atoms with Crippen LogP contribution in [-0.4, -0.2) is 21.7 Å². The molecule has 0 aliphatic heterocycles. The Kier molecular flexibility index (Phi) is 3.32. The minimum Gasteiger partial charge on any atom is -0.353 e. The van der Waals surface area contributed by atoms with E-state index in [1.54, 1.807) is 0 Å². The van der Waals surface area contributed by atoms with Crippen molar-refractivity contribution in [3.8, 4) is 0 Å². The quantitative estimate of drug-likeness (QED) is 0.773. The molecule has 0 bridgehead atoms. The van der Waals surface area contributed by atoms with E-state index >= 15 is 0 Å². The van der Waals surface area contributed by atoms with E-state index in [0.717, 1.165) is 24.0 Å². The molecule has 0 atom stereocenters. The monoisotopic (exact) mass is 250 g/mol. The van der Waals surface area contributed by atoms with Gasteiger partial charge in [-0.15, -0.1) is 10.2 Å². The van der Waals surface area contributed by atoms with Crippen LogP contribution in [0.1, 0.15) is 5.56 Å². The highest BCUT2D eigenvalue weighted by Crippen LogP contribution is 2.08. The molecule has 0 spiro atoms. The van der Waals surface area contributed by atoms with Crippen LogP contribution >= 0.6 is 0 Å². The van der Waals surface area contributed by atoms with Gasteiger partial charge in [-0.1, -0.05) is 42.5 Å². The van der Waals surface area contributed by atoms with Gasteiger partial charge in [-0.3, -0.25) is 0 Å². The van der Waals surface area contributed by atoms with Gasteiger partial charge in [0.1, 0.15) is 5.52 Å². The first-order chi connectivity index (χ1) is 9.42. The summed E-state index contributed by atoms with van der Waals surface area (Å²) in [7, 11) is 0. The smallest absolute Gasteiger partial charge is 0.243 e. The average Bonchev–Trinajstić information content (AvgIpc) is 2.48. The highest BCUT2D eigenvalue weighted by Gasteiger charge is 2.00. The molecule has 3 aromatic rings. The van der Waals surface area contributed by atoms with Crippen LogP contribution in [0.15, 0.2) is 54.6 Å². The van der Waals surface area contributed by atoms with Crippen LogP contribution in [0.3, 0.4) is 0 Å². The zero-order valence-corrected chi connectivity index (χ0v) is 10.5. The summed E-state index contributed by atoms with van der Waals surface area (Å²) in [6.07, 6.45) is 0.941. The van der Waals surface area contributed by atoms with Gasteiger partial charge in [0.25, 0.3) is 0 Å². The number of hydrogen-bond donors (Lipinski definition) is 1. The fourth-order valence-corrected chi connectivity index (χ4v) is 1.92. The second kappa shape index (κ2) is 5.44. The first-order valence-electron chi connectivity index (χ1n) is 6.29. The third-order valence-electron chi connectivity index (χ3n) is 2.90. The number of fused-ring (bicyclic) bond motifs is 1. The van der Waals surface area contributed by atoms with E-state index in [-0.39, 0.29) is 0 Å². The molecule has 0 aliphatic carbocycles. The molecule has 4 heteroatoms. The van der Waals surface area contributed by atoms with Crippen molar-refractivity contribution >= 4 is 17.0 Å². The highest BCUT2D eigenvalue weighted by molar-refractivity contribution is 5.73. The Bertz CT molecular complexity index is 667. The fraction of sp³-hybridized carbons (Fsp3) is 0.133. The van der Waals surface area contributed by atoms with Crippen LogP contribution in [0.25, 0.3) is 11.0 Å². The van der Waals surface area contributed by atoms with E-state index < -0.39 is 0 Å². The first-order valence-corrected chi connectivity index (χ1v) is 6.29. The average molecular weight is 250 g/mol. The molecule has 2 aromatic carbocycles. The minimum absolute atomic E-state index is 0.578. The van der Waals surface area contributed by atoms with Gasteiger partial charge in [-0.25, -0.2) is 4.98 Å². The largest absolute Gasteiger partial charge is 0.353 e. The molecule has 0 saturated heterocycles. The number of para-hydroxylation sites is 1. The maximum Gasteiger partial charge on any atom is 0.243 e. The number of aromatic nitrogens is 3. The van der Waals surface area contributed by atoms with Gasteiger partial charge in [0.2, 0.25) is 5.95 Å². The maximum atomic E-state index is 4.42. The summed E-state index contributed by atoms with van der Waals surface area (Å²) in [5.74, 6) is 0.578. The summed E-state index contributed by atoms with van der Waals surface area (Å²) < 4.78 is 0. The lowest BCUT2D eigenvalue weighted by molar-refractivity contribution is 0.952. The van der Waals surface area contributed by atoms with Crippen LogP contribution in [0.4, 0.5) is 5.95 Å². The van der Waals surface area contributed by atoms with Gasteiger partial charge in [-0.2, -0.15) is 0 Å². The molecule has 1 N–H and O–H groups in total. The van der Waals surface area contributed by atoms with E-state index in [1.807, 2.05) is 42.5 Å². The van der Waals surface area contributed by atoms with Crippen LogP contribution in [0.2, 0.25) is 0 Å². The van der Waals surface area contributed by atoms with Crippen molar-refractivity contribution in [3.05, 3.63) is 60.2 Å². The molecule has 4 nitrogen and oxygen atoms in total. The Labute approximate surface area is 111 Å². The van der Waals surface area contributed by atoms with Crippen molar-refractivity contribution in [3.63, 3.8) is 0 Å². The molecule has 19 heavy (non-hydrogen) atoms. The van der Waals surface area contributed by atoms with Crippen molar-refractivity contribution in [2.75, 3.05) is 11.9 Å². The van der Waals surface area contributed by atoms with E-state index in [2.05, 4.69) is 32.6 Å². The molecular weight excluding hydrogens is 236 g/mol. The van der Waals surface area contributed by atoms with Crippen molar-refractivity contribution in [2.45, 2.75) is 6.42 Å². The summed E-state index contributed by atoms with van der Waals surface area (Å²) >= 11 is 0. The van der Waals surface area contributed by atoms with Crippen molar-refractivity contribution in [1.82, 2.24) is 15.2 Å². The van der Waals surface area contributed by atoms with E-state index in [9.17, 15) is 0 Å². The second-order valence-electron chi connectivity index (χ2n) is 4.29. The zero-order valence-electron chi connectivity index (χ0n) is 10.5. The highest BCUT2D eigenvalue weighted by atomic mass is 15.2. The molecule has 1 aromatic heterocycles. The lowest BCUT2D eigenvalue weighted by Crippen LogP contribution is -2.08. The fourth-order valence-electron chi connectivity index (χ4n) is 1.92. The topological polar surface area (TPSA) is 50.7 Å². The molecular formula is C15H14N4. The van der Waals surface area contributed by atoms with Crippen molar-refractivity contribution in [1.29, 1.82) is 0 Å². The van der Waals surface area contributed by atoms with E-state index in [0.29, 0.717) is 5.95 Å². The van der Waals surface area contributed by atoms with Gasteiger partial charge >= 0.3 is 0 Å². The lowest BCUT2D eigenvalue weighted by Gasteiger charge is -2.04. The van der Waals surface area contributed by atoms with Gasteiger partial charge in [-0.05, 0) is 24.1 Å². The molecule has 1 heterocycles.